The highest BCUT2D eigenvalue weighted by atomic mass is 35.5. The average molecular weight is 334 g/mol. The Morgan fingerprint density at radius 1 is 1.00 bits per heavy atom. The van der Waals surface area contributed by atoms with Crippen molar-refractivity contribution in [1.82, 2.24) is 5.32 Å². The monoisotopic (exact) mass is 333 g/mol. The van der Waals surface area contributed by atoms with Gasteiger partial charge >= 0.3 is 0 Å². The molecule has 0 bridgehead atoms. The average Bonchev–Trinajstić information content (AvgIpc) is 2.44. The quantitative estimate of drug-likeness (QED) is 0.766. The van der Waals surface area contributed by atoms with Crippen LogP contribution in [0, 0.1) is 17.5 Å². The Labute approximate surface area is 130 Å². The Balaban J connectivity index is 2.62. The van der Waals surface area contributed by atoms with E-state index in [4.69, 9.17) is 23.2 Å². The van der Waals surface area contributed by atoms with E-state index in [0.717, 1.165) is 6.07 Å². The fraction of sp³-hybridized carbons (Fsp3) is 0.200. The van der Waals surface area contributed by atoms with Gasteiger partial charge in [0.15, 0.2) is 17.5 Å². The topological polar surface area (TPSA) is 12.0 Å². The largest absolute Gasteiger partial charge is 0.306 e. The lowest BCUT2D eigenvalue weighted by Gasteiger charge is -2.22. The maximum atomic E-state index is 14.0. The van der Waals surface area contributed by atoms with Gasteiger partial charge in [-0.15, -0.1) is 0 Å². The number of benzene rings is 2. The second kappa shape index (κ2) is 6.69. The van der Waals surface area contributed by atoms with Crippen LogP contribution in [0.3, 0.4) is 0 Å². The summed E-state index contributed by atoms with van der Waals surface area (Å²) >= 11 is 12.2. The number of hydrogen-bond donors (Lipinski definition) is 1. The molecule has 1 unspecified atom stereocenters. The van der Waals surface area contributed by atoms with Gasteiger partial charge in [-0.3, -0.25) is 0 Å². The van der Waals surface area contributed by atoms with E-state index >= 15 is 0 Å². The minimum Gasteiger partial charge on any atom is -0.306 e. The molecule has 0 fully saturated rings. The van der Waals surface area contributed by atoms with E-state index in [1.165, 1.54) is 6.07 Å². The van der Waals surface area contributed by atoms with Gasteiger partial charge in [0.2, 0.25) is 0 Å². The fourth-order valence-electron chi connectivity index (χ4n) is 2.12. The highest BCUT2D eigenvalue weighted by Crippen LogP contribution is 2.35. The van der Waals surface area contributed by atoms with Crippen molar-refractivity contribution in [2.75, 3.05) is 6.54 Å². The van der Waals surface area contributed by atoms with Crippen molar-refractivity contribution in [1.29, 1.82) is 0 Å². The van der Waals surface area contributed by atoms with Gasteiger partial charge in [0.25, 0.3) is 0 Å². The van der Waals surface area contributed by atoms with E-state index < -0.39 is 23.5 Å². The van der Waals surface area contributed by atoms with Gasteiger partial charge in [0, 0.05) is 21.2 Å². The summed E-state index contributed by atoms with van der Waals surface area (Å²) in [6.07, 6.45) is 0. The lowest BCUT2D eigenvalue weighted by Crippen LogP contribution is -2.24. The Bertz CT molecular complexity index is 641. The van der Waals surface area contributed by atoms with Crippen molar-refractivity contribution < 1.29 is 13.2 Å². The molecule has 0 aliphatic rings. The molecule has 6 heteroatoms. The summed E-state index contributed by atoms with van der Waals surface area (Å²) in [7, 11) is 0. The highest BCUT2D eigenvalue weighted by molar-refractivity contribution is 6.36. The maximum absolute atomic E-state index is 14.0. The van der Waals surface area contributed by atoms with Crippen LogP contribution in [0.1, 0.15) is 24.1 Å². The van der Waals surface area contributed by atoms with Crippen LogP contribution >= 0.6 is 23.2 Å². The molecule has 0 radical (unpaired) electrons. The molecule has 0 aromatic heterocycles. The summed E-state index contributed by atoms with van der Waals surface area (Å²) in [5.74, 6) is -4.01. The molecule has 0 saturated carbocycles. The molecule has 2 aromatic rings. The molecule has 2 aromatic carbocycles. The minimum absolute atomic E-state index is 0.0502. The standard InChI is InChI=1S/C15H12Cl2F3N/c1-2-21-15(12-9(16)4-3-5-10(12)17)8-6-7-11(18)14(20)13(8)19/h3-7,15,21H,2H2,1H3. The first kappa shape index (κ1) is 16.1. The zero-order valence-corrected chi connectivity index (χ0v) is 12.6. The van der Waals surface area contributed by atoms with E-state index in [0.29, 0.717) is 22.2 Å². The predicted molar refractivity (Wildman–Crippen MR) is 78.3 cm³/mol. The third kappa shape index (κ3) is 3.18. The summed E-state index contributed by atoms with van der Waals surface area (Å²) in [4.78, 5) is 0. The van der Waals surface area contributed by atoms with Crippen molar-refractivity contribution in [3.05, 3.63) is 69.0 Å². The van der Waals surface area contributed by atoms with Crippen molar-refractivity contribution in [2.24, 2.45) is 0 Å². The Morgan fingerprint density at radius 2 is 1.62 bits per heavy atom. The van der Waals surface area contributed by atoms with E-state index in [-0.39, 0.29) is 5.56 Å². The number of hydrogen-bond acceptors (Lipinski definition) is 1. The van der Waals surface area contributed by atoms with Crippen LogP contribution in [0.25, 0.3) is 0 Å². The zero-order valence-electron chi connectivity index (χ0n) is 11.1. The molecule has 0 aliphatic carbocycles. The van der Waals surface area contributed by atoms with Crippen molar-refractivity contribution >= 4 is 23.2 Å². The molecular weight excluding hydrogens is 322 g/mol. The molecule has 0 heterocycles. The molecule has 2 rings (SSSR count). The molecular formula is C15H12Cl2F3N. The third-order valence-corrected chi connectivity index (χ3v) is 3.73. The summed E-state index contributed by atoms with van der Waals surface area (Å²) in [6.45, 7) is 2.26. The van der Waals surface area contributed by atoms with Gasteiger partial charge < -0.3 is 5.32 Å². The fourth-order valence-corrected chi connectivity index (χ4v) is 2.74. The van der Waals surface area contributed by atoms with E-state index in [9.17, 15) is 13.2 Å². The van der Waals surface area contributed by atoms with Crippen molar-refractivity contribution in [3.8, 4) is 0 Å². The summed E-state index contributed by atoms with van der Waals surface area (Å²) in [5.41, 5.74) is 0.373. The van der Waals surface area contributed by atoms with Crippen LogP contribution < -0.4 is 5.32 Å². The highest BCUT2D eigenvalue weighted by Gasteiger charge is 2.25. The van der Waals surface area contributed by atoms with Gasteiger partial charge in [-0.25, -0.2) is 13.2 Å². The molecule has 1 atom stereocenters. The van der Waals surface area contributed by atoms with Crippen LogP contribution in [0.4, 0.5) is 13.2 Å². The first-order valence-electron chi connectivity index (χ1n) is 6.28. The summed E-state index contributed by atoms with van der Waals surface area (Å²) in [6, 6.07) is 6.14. The Kier molecular flexibility index (Phi) is 5.14. The van der Waals surface area contributed by atoms with Crippen molar-refractivity contribution in [3.63, 3.8) is 0 Å². The lowest BCUT2D eigenvalue weighted by atomic mass is 9.97. The smallest absolute Gasteiger partial charge is 0.194 e. The van der Waals surface area contributed by atoms with E-state index in [2.05, 4.69) is 5.32 Å². The van der Waals surface area contributed by atoms with Crippen molar-refractivity contribution in [2.45, 2.75) is 13.0 Å². The summed E-state index contributed by atoms with van der Waals surface area (Å²) < 4.78 is 40.6. The zero-order chi connectivity index (χ0) is 15.6. The maximum Gasteiger partial charge on any atom is 0.194 e. The molecule has 1 N–H and O–H groups in total. The molecule has 0 amide bonds. The van der Waals surface area contributed by atoms with Gasteiger partial charge in [0.05, 0.1) is 6.04 Å². The van der Waals surface area contributed by atoms with Crippen LogP contribution in [-0.4, -0.2) is 6.54 Å². The predicted octanol–water partition coefficient (Wildman–Crippen LogP) is 5.11. The molecule has 0 spiro atoms. The molecule has 0 saturated heterocycles. The molecule has 1 nitrogen and oxygen atoms in total. The Morgan fingerprint density at radius 3 is 2.19 bits per heavy atom. The normalized spacial score (nSPS) is 12.5. The SMILES string of the molecule is CCNC(c1ccc(F)c(F)c1F)c1c(Cl)cccc1Cl. The van der Waals surface area contributed by atoms with Crippen LogP contribution in [0.5, 0.6) is 0 Å². The van der Waals surface area contributed by atoms with Gasteiger partial charge in [-0.1, -0.05) is 42.3 Å². The van der Waals surface area contributed by atoms with E-state index in [1.807, 2.05) is 0 Å². The molecule has 112 valence electrons. The molecule has 21 heavy (non-hydrogen) atoms. The Hall–Kier alpha value is -1.23. The molecule has 0 aliphatic heterocycles. The van der Waals surface area contributed by atoms with Crippen LogP contribution in [0.15, 0.2) is 30.3 Å². The van der Waals surface area contributed by atoms with Gasteiger partial charge in [0.1, 0.15) is 0 Å². The lowest BCUT2D eigenvalue weighted by molar-refractivity contribution is 0.433. The van der Waals surface area contributed by atoms with Crippen LogP contribution in [-0.2, 0) is 0 Å². The van der Waals surface area contributed by atoms with E-state index in [1.54, 1.807) is 25.1 Å². The summed E-state index contributed by atoms with van der Waals surface area (Å²) in [5, 5.41) is 3.62. The number of halogens is 5. The second-order valence-corrected chi connectivity index (χ2v) is 5.21. The third-order valence-electron chi connectivity index (χ3n) is 3.07. The first-order valence-corrected chi connectivity index (χ1v) is 7.03. The second-order valence-electron chi connectivity index (χ2n) is 4.39. The van der Waals surface area contributed by atoms with Gasteiger partial charge in [-0.2, -0.15) is 0 Å². The number of nitrogens with one attached hydrogen (secondary N) is 1. The number of rotatable bonds is 4. The minimum atomic E-state index is -1.52. The van der Waals surface area contributed by atoms with Gasteiger partial charge in [-0.05, 0) is 24.7 Å². The first-order chi connectivity index (χ1) is 9.97. The van der Waals surface area contributed by atoms with Crippen LogP contribution in [0.2, 0.25) is 10.0 Å².